The molecule has 0 heterocycles. The Morgan fingerprint density at radius 3 is 2.14 bits per heavy atom. The molecule has 0 rings (SSSR count). The van der Waals surface area contributed by atoms with Crippen LogP contribution >= 0.6 is 11.8 Å². The Hall–Kier alpha value is 0.310. The molecule has 0 saturated heterocycles. The molecule has 14 heavy (non-hydrogen) atoms. The molecule has 0 aromatic rings. The van der Waals surface area contributed by atoms with Crippen LogP contribution < -0.4 is 5.32 Å². The summed E-state index contributed by atoms with van der Waals surface area (Å²) in [5.74, 6) is 3.72. The van der Waals surface area contributed by atoms with E-state index >= 15 is 0 Å². The zero-order chi connectivity index (χ0) is 11.0. The fourth-order valence-corrected chi connectivity index (χ4v) is 2.04. The normalized spacial score (nSPS) is 13.9. The minimum Gasteiger partial charge on any atom is -0.316 e. The first kappa shape index (κ1) is 14.3. The second kappa shape index (κ2) is 8.60. The van der Waals surface area contributed by atoms with Gasteiger partial charge >= 0.3 is 0 Å². The summed E-state index contributed by atoms with van der Waals surface area (Å²) in [6.45, 7) is 11.5. The zero-order valence-corrected chi connectivity index (χ0v) is 11.3. The third-order valence-electron chi connectivity index (χ3n) is 2.59. The van der Waals surface area contributed by atoms with Gasteiger partial charge < -0.3 is 5.32 Å². The minimum atomic E-state index is 0.767. The Kier molecular flexibility index (Phi) is 8.80. The van der Waals surface area contributed by atoms with Gasteiger partial charge in [-0.15, -0.1) is 0 Å². The van der Waals surface area contributed by atoms with Crippen LogP contribution in [0, 0.1) is 17.8 Å². The van der Waals surface area contributed by atoms with Crippen LogP contribution in [0.15, 0.2) is 0 Å². The lowest BCUT2D eigenvalue weighted by Gasteiger charge is -2.21. The van der Waals surface area contributed by atoms with Crippen molar-refractivity contribution >= 4 is 11.8 Å². The van der Waals surface area contributed by atoms with Gasteiger partial charge in [-0.05, 0) is 49.3 Å². The Morgan fingerprint density at radius 2 is 1.71 bits per heavy atom. The predicted molar refractivity (Wildman–Crippen MR) is 69.0 cm³/mol. The van der Waals surface area contributed by atoms with E-state index < -0.39 is 0 Å². The van der Waals surface area contributed by atoms with Crippen molar-refractivity contribution in [2.24, 2.45) is 17.8 Å². The largest absolute Gasteiger partial charge is 0.316 e. The lowest BCUT2D eigenvalue weighted by Crippen LogP contribution is -2.29. The number of nitrogens with one attached hydrogen (secondary N) is 1. The van der Waals surface area contributed by atoms with Crippen molar-refractivity contribution < 1.29 is 0 Å². The van der Waals surface area contributed by atoms with E-state index in [9.17, 15) is 0 Å². The zero-order valence-electron chi connectivity index (χ0n) is 10.5. The van der Waals surface area contributed by atoms with Gasteiger partial charge in [-0.1, -0.05) is 27.7 Å². The molecule has 0 fully saturated rings. The summed E-state index contributed by atoms with van der Waals surface area (Å²) in [7, 11) is 0. The SMILES string of the molecule is CSCCC(CNCC(C)C)C(C)C. The van der Waals surface area contributed by atoms with Gasteiger partial charge in [0.1, 0.15) is 0 Å². The second-order valence-electron chi connectivity index (χ2n) is 4.84. The van der Waals surface area contributed by atoms with Crippen LogP contribution in [-0.2, 0) is 0 Å². The third-order valence-corrected chi connectivity index (χ3v) is 3.24. The Balaban J connectivity index is 3.62. The van der Waals surface area contributed by atoms with Crippen LogP contribution in [0.25, 0.3) is 0 Å². The van der Waals surface area contributed by atoms with Crippen LogP contribution in [0.5, 0.6) is 0 Å². The van der Waals surface area contributed by atoms with Gasteiger partial charge in [0.05, 0.1) is 0 Å². The smallest absolute Gasteiger partial charge is 0.00177 e. The summed E-state index contributed by atoms with van der Waals surface area (Å²) in [5.41, 5.74) is 0. The molecule has 0 bridgehead atoms. The first-order valence-corrected chi connectivity index (χ1v) is 7.17. The molecule has 1 nitrogen and oxygen atoms in total. The molecule has 1 unspecified atom stereocenters. The Morgan fingerprint density at radius 1 is 1.07 bits per heavy atom. The van der Waals surface area contributed by atoms with Crippen molar-refractivity contribution in [1.29, 1.82) is 0 Å². The molecular formula is C12H27NS. The van der Waals surface area contributed by atoms with E-state index in [0.717, 1.165) is 24.3 Å². The molecule has 0 radical (unpaired) electrons. The molecule has 0 aliphatic carbocycles. The van der Waals surface area contributed by atoms with Gasteiger partial charge in [0.15, 0.2) is 0 Å². The average molecular weight is 217 g/mol. The van der Waals surface area contributed by atoms with E-state index in [1.165, 1.54) is 18.7 Å². The van der Waals surface area contributed by atoms with Gasteiger partial charge in [-0.2, -0.15) is 11.8 Å². The van der Waals surface area contributed by atoms with E-state index in [0.29, 0.717) is 0 Å². The van der Waals surface area contributed by atoms with Gasteiger partial charge in [0, 0.05) is 0 Å². The van der Waals surface area contributed by atoms with Crippen LogP contribution in [0.3, 0.4) is 0 Å². The standard InChI is InChI=1S/C12H27NS/c1-10(2)8-13-9-12(11(3)4)6-7-14-5/h10-13H,6-9H2,1-5H3. The highest BCUT2D eigenvalue weighted by Crippen LogP contribution is 2.16. The molecule has 0 aliphatic heterocycles. The van der Waals surface area contributed by atoms with Crippen molar-refractivity contribution in [3.05, 3.63) is 0 Å². The monoisotopic (exact) mass is 217 g/mol. The summed E-state index contributed by atoms with van der Waals surface area (Å²) >= 11 is 1.96. The molecule has 0 aromatic carbocycles. The van der Waals surface area contributed by atoms with Crippen LogP contribution in [-0.4, -0.2) is 25.1 Å². The molecule has 1 N–H and O–H groups in total. The van der Waals surface area contributed by atoms with Gasteiger partial charge in [-0.25, -0.2) is 0 Å². The molecule has 0 aliphatic rings. The van der Waals surface area contributed by atoms with Crippen molar-refractivity contribution in [2.45, 2.75) is 34.1 Å². The molecule has 0 spiro atoms. The third kappa shape index (κ3) is 7.69. The molecule has 2 heteroatoms. The van der Waals surface area contributed by atoms with E-state index in [1.54, 1.807) is 0 Å². The Bertz CT molecular complexity index is 123. The van der Waals surface area contributed by atoms with Crippen molar-refractivity contribution in [3.8, 4) is 0 Å². The highest BCUT2D eigenvalue weighted by Gasteiger charge is 2.12. The first-order chi connectivity index (χ1) is 6.57. The summed E-state index contributed by atoms with van der Waals surface area (Å²) in [6, 6.07) is 0. The topological polar surface area (TPSA) is 12.0 Å². The number of hydrogen-bond donors (Lipinski definition) is 1. The van der Waals surface area contributed by atoms with E-state index in [-0.39, 0.29) is 0 Å². The fourth-order valence-electron chi connectivity index (χ4n) is 1.50. The second-order valence-corrected chi connectivity index (χ2v) is 5.82. The van der Waals surface area contributed by atoms with Crippen LogP contribution in [0.4, 0.5) is 0 Å². The summed E-state index contributed by atoms with van der Waals surface area (Å²) in [6.07, 6.45) is 3.54. The van der Waals surface area contributed by atoms with Crippen LogP contribution in [0.1, 0.15) is 34.1 Å². The van der Waals surface area contributed by atoms with Crippen molar-refractivity contribution in [3.63, 3.8) is 0 Å². The highest BCUT2D eigenvalue weighted by atomic mass is 32.2. The highest BCUT2D eigenvalue weighted by molar-refractivity contribution is 7.98. The first-order valence-electron chi connectivity index (χ1n) is 5.77. The van der Waals surface area contributed by atoms with Crippen molar-refractivity contribution in [2.75, 3.05) is 25.1 Å². The molecule has 86 valence electrons. The average Bonchev–Trinajstić information content (AvgIpc) is 2.09. The van der Waals surface area contributed by atoms with E-state index in [4.69, 9.17) is 0 Å². The maximum Gasteiger partial charge on any atom is -0.00177 e. The maximum atomic E-state index is 3.57. The van der Waals surface area contributed by atoms with Gasteiger partial charge in [0.2, 0.25) is 0 Å². The molecule has 0 saturated carbocycles. The predicted octanol–water partition coefficient (Wildman–Crippen LogP) is 3.26. The molecular weight excluding hydrogens is 190 g/mol. The maximum absolute atomic E-state index is 3.57. The summed E-state index contributed by atoms with van der Waals surface area (Å²) in [4.78, 5) is 0. The van der Waals surface area contributed by atoms with E-state index in [2.05, 4.69) is 39.3 Å². The lowest BCUT2D eigenvalue weighted by molar-refractivity contribution is 0.347. The number of thioether (sulfide) groups is 1. The summed E-state index contributed by atoms with van der Waals surface area (Å²) in [5, 5.41) is 3.57. The number of hydrogen-bond acceptors (Lipinski definition) is 2. The van der Waals surface area contributed by atoms with Gasteiger partial charge in [-0.3, -0.25) is 0 Å². The molecule has 0 aromatic heterocycles. The summed E-state index contributed by atoms with van der Waals surface area (Å²) < 4.78 is 0. The van der Waals surface area contributed by atoms with Gasteiger partial charge in [0.25, 0.3) is 0 Å². The van der Waals surface area contributed by atoms with Crippen LogP contribution in [0.2, 0.25) is 0 Å². The molecule has 1 atom stereocenters. The molecule has 0 amide bonds. The fraction of sp³-hybridized carbons (Fsp3) is 1.00. The minimum absolute atomic E-state index is 0.767. The lowest BCUT2D eigenvalue weighted by atomic mass is 9.93. The Labute approximate surface area is 94.4 Å². The van der Waals surface area contributed by atoms with Crippen molar-refractivity contribution in [1.82, 2.24) is 5.32 Å². The number of rotatable bonds is 8. The van der Waals surface area contributed by atoms with E-state index in [1.807, 2.05) is 11.8 Å². The quantitative estimate of drug-likeness (QED) is 0.670.